The van der Waals surface area contributed by atoms with Crippen LogP contribution in [0.25, 0.3) is 0 Å². The first-order valence-corrected chi connectivity index (χ1v) is 10.0. The highest BCUT2D eigenvalue weighted by Crippen LogP contribution is 2.23. The maximum atomic E-state index is 9.06. The molecule has 0 radical (unpaired) electrons. The second kappa shape index (κ2) is 9.17. The van der Waals surface area contributed by atoms with Gasteiger partial charge in [-0.2, -0.15) is 0 Å². The van der Waals surface area contributed by atoms with E-state index in [-0.39, 0.29) is 6.61 Å². The van der Waals surface area contributed by atoms with Crippen molar-refractivity contribution in [1.29, 1.82) is 0 Å². The van der Waals surface area contributed by atoms with Crippen LogP contribution in [0.2, 0.25) is 0 Å². The third-order valence-electron chi connectivity index (χ3n) is 6.02. The van der Waals surface area contributed by atoms with E-state index in [9.17, 15) is 0 Å². The molecule has 3 rings (SSSR count). The smallest absolute Gasteiger partial charge is 0.107 e. The summed E-state index contributed by atoms with van der Waals surface area (Å²) in [5.74, 6) is 2.65. The van der Waals surface area contributed by atoms with Gasteiger partial charge in [0.1, 0.15) is 11.5 Å². The van der Waals surface area contributed by atoms with E-state index < -0.39 is 0 Å². The first-order valence-electron chi connectivity index (χ1n) is 10.0. The van der Waals surface area contributed by atoms with Crippen molar-refractivity contribution in [3.63, 3.8) is 0 Å². The van der Waals surface area contributed by atoms with Gasteiger partial charge in [-0.05, 0) is 58.0 Å². The van der Waals surface area contributed by atoms with Gasteiger partial charge >= 0.3 is 0 Å². The minimum Gasteiger partial charge on any atom is -0.466 e. The van der Waals surface area contributed by atoms with Crippen molar-refractivity contribution in [2.75, 3.05) is 59.0 Å². The monoisotopic (exact) mass is 349 g/mol. The number of piperidine rings is 1. The summed E-state index contributed by atoms with van der Waals surface area (Å²) < 4.78 is 5.76. The number of hydrogen-bond acceptors (Lipinski definition) is 5. The number of nitrogens with zero attached hydrogens (tertiary/aromatic N) is 3. The van der Waals surface area contributed by atoms with Gasteiger partial charge in [0, 0.05) is 44.7 Å². The van der Waals surface area contributed by atoms with Crippen LogP contribution in [0.3, 0.4) is 0 Å². The van der Waals surface area contributed by atoms with Gasteiger partial charge in [0.05, 0.1) is 6.61 Å². The lowest BCUT2D eigenvalue weighted by Gasteiger charge is -2.42. The first-order chi connectivity index (χ1) is 12.2. The predicted octanol–water partition coefficient (Wildman–Crippen LogP) is 2.16. The molecule has 1 unspecified atom stereocenters. The average molecular weight is 350 g/mol. The molecular weight excluding hydrogens is 314 g/mol. The summed E-state index contributed by atoms with van der Waals surface area (Å²) in [6, 6.07) is 4.96. The largest absolute Gasteiger partial charge is 0.466 e. The Hall–Kier alpha value is -0.880. The van der Waals surface area contributed by atoms with E-state index in [0.29, 0.717) is 5.92 Å². The molecule has 3 heterocycles. The minimum atomic E-state index is 0.286. The number of aryl methyl sites for hydroxylation is 1. The van der Waals surface area contributed by atoms with E-state index in [4.69, 9.17) is 9.52 Å². The van der Waals surface area contributed by atoms with Crippen molar-refractivity contribution in [2.24, 2.45) is 0 Å². The summed E-state index contributed by atoms with van der Waals surface area (Å²) in [4.78, 5) is 7.69. The van der Waals surface area contributed by atoms with Crippen molar-refractivity contribution in [3.05, 3.63) is 23.7 Å². The molecule has 0 aromatic carbocycles. The summed E-state index contributed by atoms with van der Waals surface area (Å²) >= 11 is 0. The van der Waals surface area contributed by atoms with Crippen LogP contribution in [0, 0.1) is 6.92 Å². The maximum absolute atomic E-state index is 9.06. The SMILES string of the molecule is Cc1ccc(C(C)CCN2CCC(N3CCN(CCO)CC3)CC2)o1. The van der Waals surface area contributed by atoms with Gasteiger partial charge in [-0.25, -0.2) is 0 Å². The predicted molar refractivity (Wildman–Crippen MR) is 101 cm³/mol. The fourth-order valence-electron chi connectivity index (χ4n) is 4.24. The highest BCUT2D eigenvalue weighted by Gasteiger charge is 2.27. The molecule has 0 bridgehead atoms. The molecule has 25 heavy (non-hydrogen) atoms. The zero-order chi connectivity index (χ0) is 17.6. The Bertz CT molecular complexity index is 503. The standard InChI is InChI=1S/C20H35N3O2/c1-17(20-4-3-18(2)25-20)5-8-21-9-6-19(7-10-21)23-13-11-22(12-14-23)15-16-24/h3-4,17,19,24H,5-16H2,1-2H3. The lowest BCUT2D eigenvalue weighted by molar-refractivity contribution is 0.0526. The van der Waals surface area contributed by atoms with Crippen molar-refractivity contribution in [3.8, 4) is 0 Å². The number of aliphatic hydroxyl groups is 1. The topological polar surface area (TPSA) is 43.1 Å². The fraction of sp³-hybridized carbons (Fsp3) is 0.800. The van der Waals surface area contributed by atoms with Crippen LogP contribution in [0.1, 0.15) is 43.6 Å². The molecule has 0 amide bonds. The normalized spacial score (nSPS) is 23.2. The van der Waals surface area contributed by atoms with Gasteiger partial charge in [0.25, 0.3) is 0 Å². The van der Waals surface area contributed by atoms with Gasteiger partial charge in [-0.1, -0.05) is 6.92 Å². The molecule has 2 aliphatic rings. The minimum absolute atomic E-state index is 0.286. The molecule has 5 heteroatoms. The van der Waals surface area contributed by atoms with Crippen LogP contribution in [0.5, 0.6) is 0 Å². The van der Waals surface area contributed by atoms with E-state index in [1.807, 2.05) is 6.92 Å². The zero-order valence-electron chi connectivity index (χ0n) is 16.0. The van der Waals surface area contributed by atoms with Crippen LogP contribution >= 0.6 is 0 Å². The Morgan fingerprint density at radius 3 is 2.32 bits per heavy atom. The number of piperazine rings is 1. The number of likely N-dealkylation sites (tertiary alicyclic amines) is 1. The van der Waals surface area contributed by atoms with Crippen molar-refractivity contribution < 1.29 is 9.52 Å². The van der Waals surface area contributed by atoms with E-state index in [1.54, 1.807) is 0 Å². The number of hydrogen-bond donors (Lipinski definition) is 1. The summed E-state index contributed by atoms with van der Waals surface area (Å²) in [7, 11) is 0. The molecular formula is C20H35N3O2. The summed E-state index contributed by atoms with van der Waals surface area (Å²) in [5, 5.41) is 9.06. The van der Waals surface area contributed by atoms with Crippen LogP contribution in [0.15, 0.2) is 16.5 Å². The van der Waals surface area contributed by atoms with Crippen molar-refractivity contribution in [2.45, 2.75) is 45.1 Å². The van der Waals surface area contributed by atoms with E-state index in [0.717, 1.165) is 37.2 Å². The highest BCUT2D eigenvalue weighted by atomic mass is 16.3. The number of rotatable bonds is 7. The van der Waals surface area contributed by atoms with Crippen molar-refractivity contribution >= 4 is 0 Å². The third kappa shape index (κ3) is 5.30. The van der Waals surface area contributed by atoms with E-state index in [2.05, 4.69) is 33.8 Å². The lowest BCUT2D eigenvalue weighted by Crippen LogP contribution is -2.53. The molecule has 1 N–H and O–H groups in total. The maximum Gasteiger partial charge on any atom is 0.107 e. The highest BCUT2D eigenvalue weighted by molar-refractivity contribution is 5.09. The fourth-order valence-corrected chi connectivity index (χ4v) is 4.24. The molecule has 1 aromatic rings. The first kappa shape index (κ1) is 18.9. The van der Waals surface area contributed by atoms with Crippen LogP contribution < -0.4 is 0 Å². The molecule has 0 saturated carbocycles. The van der Waals surface area contributed by atoms with Crippen LogP contribution in [0.4, 0.5) is 0 Å². The van der Waals surface area contributed by atoms with Gasteiger partial charge in [-0.15, -0.1) is 0 Å². The Kier molecular flexibility index (Phi) is 6.93. The van der Waals surface area contributed by atoms with E-state index >= 15 is 0 Å². The number of β-amino-alcohol motifs (C(OH)–C–C–N with tert-alkyl or cyclic N) is 1. The van der Waals surface area contributed by atoms with E-state index in [1.165, 1.54) is 52.0 Å². The number of aliphatic hydroxyl groups excluding tert-OH is 1. The van der Waals surface area contributed by atoms with Crippen LogP contribution in [-0.2, 0) is 0 Å². The molecule has 142 valence electrons. The second-order valence-corrected chi connectivity index (χ2v) is 7.81. The molecule has 1 atom stereocenters. The van der Waals surface area contributed by atoms with Gasteiger partial charge in [0.15, 0.2) is 0 Å². The Balaban J connectivity index is 1.35. The Labute approximate surface area is 152 Å². The molecule has 5 nitrogen and oxygen atoms in total. The lowest BCUT2D eigenvalue weighted by atomic mass is 10.00. The van der Waals surface area contributed by atoms with Crippen LogP contribution in [-0.4, -0.2) is 84.8 Å². The van der Waals surface area contributed by atoms with Gasteiger partial charge in [-0.3, -0.25) is 9.80 Å². The molecule has 2 saturated heterocycles. The van der Waals surface area contributed by atoms with Gasteiger partial charge in [0.2, 0.25) is 0 Å². The molecule has 0 aliphatic carbocycles. The third-order valence-corrected chi connectivity index (χ3v) is 6.02. The van der Waals surface area contributed by atoms with Crippen molar-refractivity contribution in [1.82, 2.24) is 14.7 Å². The second-order valence-electron chi connectivity index (χ2n) is 7.81. The Morgan fingerprint density at radius 1 is 1.04 bits per heavy atom. The molecule has 1 aromatic heterocycles. The molecule has 2 fully saturated rings. The quantitative estimate of drug-likeness (QED) is 0.817. The summed E-state index contributed by atoms with van der Waals surface area (Å²) in [5.41, 5.74) is 0. The molecule has 0 spiro atoms. The summed E-state index contributed by atoms with van der Waals surface area (Å²) in [6.45, 7) is 13.6. The van der Waals surface area contributed by atoms with Gasteiger partial charge < -0.3 is 14.4 Å². The zero-order valence-corrected chi connectivity index (χ0v) is 16.0. The average Bonchev–Trinajstić information content (AvgIpc) is 3.08. The Morgan fingerprint density at radius 2 is 1.72 bits per heavy atom. The summed E-state index contributed by atoms with van der Waals surface area (Å²) in [6.07, 6.45) is 3.78. The molecule has 2 aliphatic heterocycles. The number of furan rings is 1.